The molecule has 1 heterocycles. The summed E-state index contributed by atoms with van der Waals surface area (Å²) in [5.41, 5.74) is 2.49. The number of aliphatic hydroxyl groups is 4. The summed E-state index contributed by atoms with van der Waals surface area (Å²) < 4.78 is 5.45. The Kier molecular flexibility index (Phi) is 6.27. The summed E-state index contributed by atoms with van der Waals surface area (Å²) in [6.45, 7) is 2.26. The fourth-order valence-corrected chi connectivity index (χ4v) is 7.49. The van der Waals surface area contributed by atoms with Crippen LogP contribution in [0.15, 0.2) is 22.7 Å². The molecule has 6 N–H and O–H groups in total. The van der Waals surface area contributed by atoms with Gasteiger partial charge in [-0.2, -0.15) is 0 Å². The van der Waals surface area contributed by atoms with Crippen LogP contribution in [0.5, 0.6) is 0 Å². The predicted octanol–water partition coefficient (Wildman–Crippen LogP) is -0.963. The van der Waals surface area contributed by atoms with Crippen molar-refractivity contribution in [3.8, 4) is 0 Å². The van der Waals surface area contributed by atoms with Crippen LogP contribution in [0, 0.1) is 23.7 Å². The molecule has 0 spiro atoms. The van der Waals surface area contributed by atoms with Gasteiger partial charge < -0.3 is 35.8 Å². The zero-order chi connectivity index (χ0) is 26.1. The molecule has 0 aromatic carbocycles. The highest BCUT2D eigenvalue weighted by Crippen LogP contribution is 2.56. The van der Waals surface area contributed by atoms with E-state index in [9.17, 15) is 34.8 Å². The number of carbonyl (C=O) groups excluding carboxylic acids is 3. The van der Waals surface area contributed by atoms with Gasteiger partial charge in [0.25, 0.3) is 5.91 Å². The van der Waals surface area contributed by atoms with Crippen molar-refractivity contribution in [2.75, 3.05) is 40.4 Å². The van der Waals surface area contributed by atoms with E-state index in [0.717, 1.165) is 0 Å². The molecule has 5 rings (SSSR count). The first-order valence-electron chi connectivity index (χ1n) is 12.6. The lowest BCUT2D eigenvalue weighted by Gasteiger charge is -2.55. The van der Waals surface area contributed by atoms with Crippen molar-refractivity contribution in [2.45, 2.75) is 49.5 Å². The number of ketones is 2. The number of hydrogen-bond donors (Lipinski definition) is 5. The van der Waals surface area contributed by atoms with E-state index in [1.807, 2.05) is 14.1 Å². The molecule has 1 amide bonds. The van der Waals surface area contributed by atoms with Crippen molar-refractivity contribution >= 4 is 17.5 Å². The molecule has 11 heteroatoms. The second-order valence-corrected chi connectivity index (χ2v) is 11.1. The van der Waals surface area contributed by atoms with Gasteiger partial charge in [-0.1, -0.05) is 0 Å². The van der Waals surface area contributed by atoms with Gasteiger partial charge in [0.1, 0.15) is 23.2 Å². The molecule has 0 aromatic rings. The quantitative estimate of drug-likeness (QED) is 0.301. The molecule has 0 radical (unpaired) electrons. The van der Waals surface area contributed by atoms with Gasteiger partial charge in [-0.3, -0.25) is 19.3 Å². The largest absolute Gasteiger partial charge is 0.511 e. The fourth-order valence-electron chi connectivity index (χ4n) is 7.49. The van der Waals surface area contributed by atoms with Crippen LogP contribution in [0.3, 0.4) is 0 Å². The third-order valence-corrected chi connectivity index (χ3v) is 9.25. The average Bonchev–Trinajstić information content (AvgIpc) is 2.81. The number of nitrogens with two attached hydrogens (primary N) is 1. The van der Waals surface area contributed by atoms with Gasteiger partial charge in [-0.05, 0) is 39.3 Å². The molecule has 198 valence electrons. The molecule has 2 saturated carbocycles. The summed E-state index contributed by atoms with van der Waals surface area (Å²) in [6, 6.07) is -0.473. The summed E-state index contributed by atoms with van der Waals surface area (Å²) in [4.78, 5) is 42.3. The first kappa shape index (κ1) is 25.3. The van der Waals surface area contributed by atoms with E-state index in [4.69, 9.17) is 10.5 Å². The highest BCUT2D eigenvalue weighted by molar-refractivity contribution is 6.20. The number of ether oxygens (including phenoxy) is 1. The number of primary amides is 1. The zero-order valence-corrected chi connectivity index (χ0v) is 20.6. The summed E-state index contributed by atoms with van der Waals surface area (Å²) in [5.74, 6) is -5.74. The van der Waals surface area contributed by atoms with Crippen LogP contribution in [-0.4, -0.2) is 112 Å². The van der Waals surface area contributed by atoms with Gasteiger partial charge in [0.05, 0.1) is 19.3 Å². The molecule has 11 nitrogen and oxygen atoms in total. The van der Waals surface area contributed by atoms with E-state index in [0.29, 0.717) is 39.1 Å². The van der Waals surface area contributed by atoms with E-state index in [-0.39, 0.29) is 47.8 Å². The summed E-state index contributed by atoms with van der Waals surface area (Å²) in [6.07, 6.45) is -0.665. The first-order valence-corrected chi connectivity index (χ1v) is 12.6. The molecule has 3 fully saturated rings. The van der Waals surface area contributed by atoms with Crippen LogP contribution in [0.2, 0.25) is 0 Å². The van der Waals surface area contributed by atoms with Crippen LogP contribution in [0.25, 0.3) is 0 Å². The first-order chi connectivity index (χ1) is 17.0. The predicted molar refractivity (Wildman–Crippen MR) is 126 cm³/mol. The van der Waals surface area contributed by atoms with Crippen LogP contribution in [-0.2, 0) is 19.1 Å². The standard InChI is InChI=1S/C25H35N3O8/c1-27(2)14-10-15(28-3-5-36-6-4-28)20(30)18-13(14)8-11-7-12-9-16(29)19(24(26)34)23(33)25(12,35)22(32)17(11)21(18)31/h11-15,17,22,31-33,35H,3-10H2,1-2H3,(H2,26,34)/t11-,12+,13?,14?,15?,17?,22?,25+/m1/s1. The molecule has 5 aliphatic rings. The van der Waals surface area contributed by atoms with Crippen molar-refractivity contribution < 1.29 is 39.5 Å². The molecule has 0 bridgehead atoms. The van der Waals surface area contributed by atoms with Gasteiger partial charge in [-0.25, -0.2) is 0 Å². The van der Waals surface area contributed by atoms with Crippen molar-refractivity contribution in [1.29, 1.82) is 0 Å². The number of aliphatic hydroxyl groups excluding tert-OH is 3. The number of fused-ring (bicyclic) bond motifs is 3. The van der Waals surface area contributed by atoms with E-state index in [1.165, 1.54) is 0 Å². The maximum atomic E-state index is 13.8. The van der Waals surface area contributed by atoms with Crippen LogP contribution < -0.4 is 5.73 Å². The topological polar surface area (TPSA) is 174 Å². The minimum atomic E-state index is -2.33. The van der Waals surface area contributed by atoms with Crippen LogP contribution in [0.1, 0.15) is 25.7 Å². The Bertz CT molecular complexity index is 1050. The van der Waals surface area contributed by atoms with Crippen LogP contribution >= 0.6 is 0 Å². The lowest BCUT2D eigenvalue weighted by atomic mass is 9.53. The number of amides is 1. The number of morpholine rings is 1. The van der Waals surface area contributed by atoms with Crippen molar-refractivity contribution in [3.63, 3.8) is 0 Å². The second kappa shape index (κ2) is 8.91. The molecule has 1 aliphatic heterocycles. The van der Waals surface area contributed by atoms with Crippen molar-refractivity contribution in [2.24, 2.45) is 29.4 Å². The maximum Gasteiger partial charge on any atom is 0.255 e. The van der Waals surface area contributed by atoms with Gasteiger partial charge in [0.15, 0.2) is 17.2 Å². The Morgan fingerprint density at radius 2 is 1.81 bits per heavy atom. The summed E-state index contributed by atoms with van der Waals surface area (Å²) >= 11 is 0. The number of carbonyl (C=O) groups is 3. The highest BCUT2D eigenvalue weighted by atomic mass is 16.5. The van der Waals surface area contributed by atoms with E-state index in [2.05, 4.69) is 9.80 Å². The zero-order valence-electron chi connectivity index (χ0n) is 20.6. The molecule has 1 saturated heterocycles. The number of rotatable bonds is 3. The van der Waals surface area contributed by atoms with E-state index in [1.54, 1.807) is 0 Å². The fraction of sp³-hybridized carbons (Fsp3) is 0.720. The Morgan fingerprint density at radius 3 is 2.42 bits per heavy atom. The molecular weight excluding hydrogens is 470 g/mol. The molecule has 0 aromatic heterocycles. The maximum absolute atomic E-state index is 13.8. The average molecular weight is 506 g/mol. The summed E-state index contributed by atoms with van der Waals surface area (Å²) in [5, 5.41) is 45.2. The third kappa shape index (κ3) is 3.55. The Hall–Kier alpha value is -2.31. The normalized spacial score (nSPS) is 41.8. The summed E-state index contributed by atoms with van der Waals surface area (Å²) in [7, 11) is 3.89. The Morgan fingerprint density at radius 1 is 1.14 bits per heavy atom. The number of nitrogens with zero attached hydrogens (tertiary/aromatic N) is 2. The number of Topliss-reactive ketones (excluding diaryl/α,β-unsaturated/α-hetero) is 2. The molecule has 8 atom stereocenters. The lowest BCUT2D eigenvalue weighted by Crippen LogP contribution is -2.65. The van der Waals surface area contributed by atoms with Crippen LogP contribution in [0.4, 0.5) is 0 Å². The van der Waals surface area contributed by atoms with Crippen molar-refractivity contribution in [3.05, 3.63) is 22.7 Å². The number of hydrogen-bond acceptors (Lipinski definition) is 10. The molecular formula is C25H35N3O8. The molecule has 5 unspecified atom stereocenters. The second-order valence-electron chi connectivity index (χ2n) is 11.1. The van der Waals surface area contributed by atoms with E-state index >= 15 is 0 Å². The van der Waals surface area contributed by atoms with Gasteiger partial charge in [-0.15, -0.1) is 0 Å². The van der Waals surface area contributed by atoms with Gasteiger partial charge in [0.2, 0.25) is 0 Å². The lowest BCUT2D eigenvalue weighted by molar-refractivity contribution is -0.181. The van der Waals surface area contributed by atoms with Crippen molar-refractivity contribution in [1.82, 2.24) is 9.80 Å². The minimum Gasteiger partial charge on any atom is -0.511 e. The minimum absolute atomic E-state index is 0.0330. The van der Waals surface area contributed by atoms with Gasteiger partial charge in [0, 0.05) is 48.9 Å². The monoisotopic (exact) mass is 505 g/mol. The van der Waals surface area contributed by atoms with Gasteiger partial charge >= 0.3 is 0 Å². The highest BCUT2D eigenvalue weighted by Gasteiger charge is 2.63. The third-order valence-electron chi connectivity index (χ3n) is 9.25. The Labute approximate surface area is 209 Å². The molecule has 36 heavy (non-hydrogen) atoms. The smallest absolute Gasteiger partial charge is 0.255 e. The molecule has 4 aliphatic carbocycles. The SMILES string of the molecule is CN(C)C1CC(N2CCOCC2)C(=O)C2=C(O)C3C(O)[C@]4(O)C(O)=C(C(N)=O)C(=O)C[C@@H]4C[C@@H]3CC21. The Balaban J connectivity index is 1.58. The van der Waals surface area contributed by atoms with E-state index < -0.39 is 52.6 Å².